The summed E-state index contributed by atoms with van der Waals surface area (Å²) in [6.45, 7) is 1.55. The van der Waals surface area contributed by atoms with Gasteiger partial charge in [0.25, 0.3) is 0 Å². The number of hydrogen-bond donors (Lipinski definition) is 2. The SMILES string of the molecule is COc1ccc(CC2CC(N)CN(CC(=O)O)C2)cc1. The topological polar surface area (TPSA) is 75.8 Å². The van der Waals surface area contributed by atoms with E-state index in [0.717, 1.165) is 25.1 Å². The zero-order valence-corrected chi connectivity index (χ0v) is 11.8. The van der Waals surface area contributed by atoms with Crippen molar-refractivity contribution in [3.05, 3.63) is 29.8 Å². The Hall–Kier alpha value is -1.59. The van der Waals surface area contributed by atoms with Crippen LogP contribution in [0.3, 0.4) is 0 Å². The molecule has 5 heteroatoms. The molecule has 0 saturated carbocycles. The Morgan fingerprint density at radius 3 is 2.70 bits per heavy atom. The molecule has 1 fully saturated rings. The van der Waals surface area contributed by atoms with Crippen LogP contribution in [0.2, 0.25) is 0 Å². The van der Waals surface area contributed by atoms with E-state index in [4.69, 9.17) is 15.6 Å². The fourth-order valence-corrected chi connectivity index (χ4v) is 2.91. The molecule has 5 nitrogen and oxygen atoms in total. The van der Waals surface area contributed by atoms with Gasteiger partial charge in [0.05, 0.1) is 13.7 Å². The number of hydrogen-bond acceptors (Lipinski definition) is 4. The zero-order valence-electron chi connectivity index (χ0n) is 11.8. The summed E-state index contributed by atoms with van der Waals surface area (Å²) in [5, 5.41) is 8.89. The van der Waals surface area contributed by atoms with Crippen molar-refractivity contribution >= 4 is 5.97 Å². The van der Waals surface area contributed by atoms with Crippen LogP contribution in [-0.2, 0) is 11.2 Å². The van der Waals surface area contributed by atoms with Gasteiger partial charge in [-0.1, -0.05) is 12.1 Å². The minimum absolute atomic E-state index is 0.0614. The number of rotatable bonds is 5. The summed E-state index contributed by atoms with van der Waals surface area (Å²) in [5.74, 6) is 0.468. The van der Waals surface area contributed by atoms with Crippen LogP contribution in [0.1, 0.15) is 12.0 Å². The molecular weight excluding hydrogens is 256 g/mol. The molecule has 0 radical (unpaired) electrons. The van der Waals surface area contributed by atoms with E-state index < -0.39 is 5.97 Å². The van der Waals surface area contributed by atoms with Crippen molar-refractivity contribution < 1.29 is 14.6 Å². The number of methoxy groups -OCH3 is 1. The molecule has 110 valence electrons. The van der Waals surface area contributed by atoms with Crippen molar-refractivity contribution in [3.8, 4) is 5.75 Å². The number of carboxylic acids is 1. The molecule has 1 heterocycles. The lowest BCUT2D eigenvalue weighted by molar-refractivity contribution is -0.138. The van der Waals surface area contributed by atoms with Gasteiger partial charge in [0, 0.05) is 19.1 Å². The minimum atomic E-state index is -0.790. The second-order valence-corrected chi connectivity index (χ2v) is 5.50. The fourth-order valence-electron chi connectivity index (χ4n) is 2.91. The Morgan fingerprint density at radius 1 is 1.40 bits per heavy atom. The van der Waals surface area contributed by atoms with Crippen molar-refractivity contribution in [2.75, 3.05) is 26.7 Å². The first kappa shape index (κ1) is 14.8. The third-order valence-electron chi connectivity index (χ3n) is 3.69. The van der Waals surface area contributed by atoms with Gasteiger partial charge in [-0.25, -0.2) is 0 Å². The number of benzene rings is 1. The van der Waals surface area contributed by atoms with Gasteiger partial charge in [0.1, 0.15) is 5.75 Å². The van der Waals surface area contributed by atoms with E-state index in [1.165, 1.54) is 5.56 Å². The number of nitrogens with zero attached hydrogens (tertiary/aromatic N) is 1. The lowest BCUT2D eigenvalue weighted by atomic mass is 9.89. The second kappa shape index (κ2) is 6.72. The summed E-state index contributed by atoms with van der Waals surface area (Å²) in [7, 11) is 1.65. The molecule has 0 spiro atoms. The van der Waals surface area contributed by atoms with E-state index in [9.17, 15) is 4.79 Å². The third-order valence-corrected chi connectivity index (χ3v) is 3.69. The maximum Gasteiger partial charge on any atom is 0.317 e. The predicted octanol–water partition coefficient (Wildman–Crippen LogP) is 0.972. The summed E-state index contributed by atoms with van der Waals surface area (Å²) < 4.78 is 5.14. The van der Waals surface area contributed by atoms with Crippen molar-refractivity contribution in [2.45, 2.75) is 18.9 Å². The Kier molecular flexibility index (Phi) is 4.98. The van der Waals surface area contributed by atoms with Gasteiger partial charge >= 0.3 is 5.97 Å². The lowest BCUT2D eigenvalue weighted by Crippen LogP contribution is -2.49. The van der Waals surface area contributed by atoms with Gasteiger partial charge in [0.15, 0.2) is 0 Å². The number of piperidine rings is 1. The highest BCUT2D eigenvalue weighted by atomic mass is 16.5. The average molecular weight is 278 g/mol. The number of carbonyl (C=O) groups is 1. The molecule has 2 rings (SSSR count). The smallest absolute Gasteiger partial charge is 0.317 e. The molecule has 1 saturated heterocycles. The summed E-state index contributed by atoms with van der Waals surface area (Å²) in [6.07, 6.45) is 1.87. The molecule has 1 aliphatic rings. The Balaban J connectivity index is 1.94. The van der Waals surface area contributed by atoms with Crippen molar-refractivity contribution in [3.63, 3.8) is 0 Å². The molecule has 20 heavy (non-hydrogen) atoms. The first-order valence-corrected chi connectivity index (χ1v) is 6.89. The Morgan fingerprint density at radius 2 is 2.10 bits per heavy atom. The largest absolute Gasteiger partial charge is 0.497 e. The first-order valence-electron chi connectivity index (χ1n) is 6.89. The summed E-state index contributed by atoms with van der Waals surface area (Å²) in [4.78, 5) is 12.7. The number of nitrogens with two attached hydrogens (primary N) is 1. The predicted molar refractivity (Wildman–Crippen MR) is 76.9 cm³/mol. The summed E-state index contributed by atoms with van der Waals surface area (Å²) in [6, 6.07) is 8.08. The number of ether oxygens (including phenoxy) is 1. The first-order chi connectivity index (χ1) is 9.56. The molecule has 0 bridgehead atoms. The molecule has 1 aliphatic heterocycles. The van der Waals surface area contributed by atoms with Crippen molar-refractivity contribution in [1.82, 2.24) is 4.90 Å². The van der Waals surface area contributed by atoms with Gasteiger partial charge in [-0.3, -0.25) is 9.69 Å². The van der Waals surface area contributed by atoms with Gasteiger partial charge in [-0.05, 0) is 36.5 Å². The molecular formula is C15H22N2O3. The summed E-state index contributed by atoms with van der Waals surface area (Å²) in [5.41, 5.74) is 7.27. The highest BCUT2D eigenvalue weighted by molar-refractivity contribution is 5.69. The highest BCUT2D eigenvalue weighted by Gasteiger charge is 2.26. The molecule has 0 aliphatic carbocycles. The molecule has 0 aromatic heterocycles. The van der Waals surface area contributed by atoms with E-state index in [1.54, 1.807) is 7.11 Å². The van der Waals surface area contributed by atoms with Crippen molar-refractivity contribution in [1.29, 1.82) is 0 Å². The highest BCUT2D eigenvalue weighted by Crippen LogP contribution is 2.21. The van der Waals surface area contributed by atoms with E-state index in [0.29, 0.717) is 12.5 Å². The van der Waals surface area contributed by atoms with Crippen LogP contribution >= 0.6 is 0 Å². The number of carboxylic acid groups (broad SMARTS) is 1. The lowest BCUT2D eigenvalue weighted by Gasteiger charge is -2.35. The van der Waals surface area contributed by atoms with Crippen LogP contribution in [-0.4, -0.2) is 48.8 Å². The minimum Gasteiger partial charge on any atom is -0.497 e. The normalized spacial score (nSPS) is 23.5. The van der Waals surface area contributed by atoms with Gasteiger partial charge < -0.3 is 15.6 Å². The average Bonchev–Trinajstić information content (AvgIpc) is 2.38. The van der Waals surface area contributed by atoms with Crippen LogP contribution in [0.25, 0.3) is 0 Å². The van der Waals surface area contributed by atoms with Gasteiger partial charge in [-0.15, -0.1) is 0 Å². The van der Waals surface area contributed by atoms with Crippen LogP contribution in [0.15, 0.2) is 24.3 Å². The molecule has 2 unspecified atom stereocenters. The van der Waals surface area contributed by atoms with Crippen LogP contribution in [0.4, 0.5) is 0 Å². The fraction of sp³-hybridized carbons (Fsp3) is 0.533. The number of aliphatic carboxylic acids is 1. The van der Waals surface area contributed by atoms with Crippen LogP contribution in [0.5, 0.6) is 5.75 Å². The van der Waals surface area contributed by atoms with Crippen LogP contribution in [0, 0.1) is 5.92 Å². The third kappa shape index (κ3) is 4.21. The Bertz CT molecular complexity index is 447. The maximum absolute atomic E-state index is 10.8. The zero-order chi connectivity index (χ0) is 14.5. The molecule has 1 aromatic carbocycles. The summed E-state index contributed by atoms with van der Waals surface area (Å²) >= 11 is 0. The second-order valence-electron chi connectivity index (χ2n) is 5.50. The standard InChI is InChI=1S/C15H22N2O3/c1-20-14-4-2-11(3-5-14)6-12-7-13(16)9-17(8-12)10-15(18)19/h2-5,12-13H,6-10,16H2,1H3,(H,18,19). The van der Waals surface area contributed by atoms with Gasteiger partial charge in [0.2, 0.25) is 0 Å². The molecule has 3 N–H and O–H groups in total. The maximum atomic E-state index is 10.8. The van der Waals surface area contributed by atoms with E-state index in [2.05, 4.69) is 12.1 Å². The van der Waals surface area contributed by atoms with E-state index in [-0.39, 0.29) is 12.6 Å². The monoisotopic (exact) mass is 278 g/mol. The molecule has 1 aromatic rings. The van der Waals surface area contributed by atoms with E-state index >= 15 is 0 Å². The van der Waals surface area contributed by atoms with Gasteiger partial charge in [-0.2, -0.15) is 0 Å². The van der Waals surface area contributed by atoms with Crippen LogP contribution < -0.4 is 10.5 Å². The molecule has 0 amide bonds. The Labute approximate surface area is 119 Å². The van der Waals surface area contributed by atoms with E-state index in [1.807, 2.05) is 17.0 Å². The van der Waals surface area contributed by atoms with Crippen molar-refractivity contribution in [2.24, 2.45) is 11.7 Å². The molecule has 2 atom stereocenters. The quantitative estimate of drug-likeness (QED) is 0.839. The number of likely N-dealkylation sites (tertiary alicyclic amines) is 1.